The van der Waals surface area contributed by atoms with E-state index in [0.717, 1.165) is 43.8 Å². The second-order valence-electron chi connectivity index (χ2n) is 7.72. The number of rotatable bonds is 16. The highest BCUT2D eigenvalue weighted by molar-refractivity contribution is 5.94. The molecule has 0 saturated heterocycles. The van der Waals surface area contributed by atoms with E-state index in [-0.39, 0.29) is 24.8 Å². The number of esters is 1. The third-order valence-corrected chi connectivity index (χ3v) is 5.13. The molecule has 0 heterocycles. The lowest BCUT2D eigenvalue weighted by molar-refractivity contribution is -0.140. The number of ether oxygens (including phenoxy) is 3. The van der Waals surface area contributed by atoms with Crippen molar-refractivity contribution in [1.82, 2.24) is 5.32 Å². The lowest BCUT2D eigenvalue weighted by Crippen LogP contribution is -2.26. The van der Waals surface area contributed by atoms with Crippen LogP contribution in [0.25, 0.3) is 0 Å². The predicted octanol–water partition coefficient (Wildman–Crippen LogP) is 5.12. The zero-order valence-electron chi connectivity index (χ0n) is 19.5. The number of hydrogen-bond donors (Lipinski definition) is 1. The fourth-order valence-corrected chi connectivity index (χ4v) is 3.24. The Bertz CT molecular complexity index is 846. The first-order valence-electron chi connectivity index (χ1n) is 11.5. The van der Waals surface area contributed by atoms with Gasteiger partial charge in [0.1, 0.15) is 18.1 Å². The maximum Gasteiger partial charge on any atom is 0.307 e. The fraction of sp³-hybridized carbons (Fsp3) is 0.407. The molecule has 0 atom stereocenters. The van der Waals surface area contributed by atoms with E-state index >= 15 is 0 Å². The minimum absolute atomic E-state index is 0.172. The van der Waals surface area contributed by atoms with Crippen molar-refractivity contribution in [1.29, 1.82) is 0 Å². The van der Waals surface area contributed by atoms with Crippen LogP contribution in [0.1, 0.15) is 54.4 Å². The van der Waals surface area contributed by atoms with E-state index in [9.17, 15) is 9.59 Å². The first kappa shape index (κ1) is 26.0. The van der Waals surface area contributed by atoms with E-state index in [2.05, 4.69) is 16.6 Å². The molecule has 2 rings (SSSR count). The number of nitrogens with one attached hydrogen (secondary N) is 1. The molecule has 0 bridgehead atoms. The Morgan fingerprint density at radius 3 is 2.18 bits per heavy atom. The third-order valence-electron chi connectivity index (χ3n) is 5.13. The van der Waals surface area contributed by atoms with Gasteiger partial charge in [0.2, 0.25) is 0 Å². The van der Waals surface area contributed by atoms with Gasteiger partial charge >= 0.3 is 5.97 Å². The van der Waals surface area contributed by atoms with Gasteiger partial charge in [0.05, 0.1) is 20.1 Å². The summed E-state index contributed by atoms with van der Waals surface area (Å²) in [6, 6.07) is 15.3. The Balaban J connectivity index is 1.52. The van der Waals surface area contributed by atoms with Gasteiger partial charge in [-0.1, -0.05) is 44.1 Å². The Hall–Kier alpha value is -3.28. The van der Waals surface area contributed by atoms with Gasteiger partial charge in [0, 0.05) is 12.1 Å². The van der Waals surface area contributed by atoms with E-state index in [1.54, 1.807) is 6.08 Å². The third kappa shape index (κ3) is 10.7. The smallest absolute Gasteiger partial charge is 0.307 e. The van der Waals surface area contributed by atoms with Crippen molar-refractivity contribution in [2.24, 2.45) is 0 Å². The van der Waals surface area contributed by atoms with Gasteiger partial charge in [-0.05, 0) is 61.2 Å². The molecule has 0 aliphatic carbocycles. The van der Waals surface area contributed by atoms with E-state index in [1.165, 1.54) is 25.5 Å². The monoisotopic (exact) mass is 453 g/mol. The molecule has 1 amide bonds. The van der Waals surface area contributed by atoms with Crippen LogP contribution >= 0.6 is 0 Å². The van der Waals surface area contributed by atoms with E-state index in [1.807, 2.05) is 48.5 Å². The molecule has 0 saturated carbocycles. The van der Waals surface area contributed by atoms with Crippen LogP contribution in [-0.4, -0.2) is 38.7 Å². The van der Waals surface area contributed by atoms with Gasteiger partial charge in [-0.25, -0.2) is 0 Å². The van der Waals surface area contributed by atoms with Crippen LogP contribution in [0.3, 0.4) is 0 Å². The number of amides is 1. The summed E-state index contributed by atoms with van der Waals surface area (Å²) >= 11 is 0. The van der Waals surface area contributed by atoms with Crippen LogP contribution in [0.2, 0.25) is 0 Å². The highest BCUT2D eigenvalue weighted by Crippen LogP contribution is 2.18. The molecule has 0 aliphatic rings. The number of benzene rings is 2. The van der Waals surface area contributed by atoms with Crippen LogP contribution in [0.15, 0.2) is 61.2 Å². The van der Waals surface area contributed by atoms with Crippen molar-refractivity contribution in [3.8, 4) is 11.5 Å². The zero-order chi connectivity index (χ0) is 23.7. The predicted molar refractivity (Wildman–Crippen MR) is 130 cm³/mol. The number of carbonyl (C=O) groups is 2. The van der Waals surface area contributed by atoms with Crippen molar-refractivity contribution in [2.45, 2.75) is 44.9 Å². The van der Waals surface area contributed by atoms with Crippen molar-refractivity contribution in [2.75, 3.05) is 26.9 Å². The maximum atomic E-state index is 12.1. The first-order valence-corrected chi connectivity index (χ1v) is 11.5. The molecule has 0 unspecified atom stereocenters. The Morgan fingerprint density at radius 2 is 1.52 bits per heavy atom. The Labute approximate surface area is 196 Å². The standard InChI is InChI=1S/C27H35NO5/c1-3-20-32-24-14-16-25(17-15-24)33-21-8-6-4-5-7-9-22-10-12-23(13-11-22)27(30)28-19-18-26(29)31-2/h3,10-17H,1,4-9,18-21H2,2H3,(H,28,30). The van der Waals surface area contributed by atoms with E-state index < -0.39 is 0 Å². The average molecular weight is 454 g/mol. The van der Waals surface area contributed by atoms with E-state index in [0.29, 0.717) is 12.2 Å². The zero-order valence-corrected chi connectivity index (χ0v) is 19.5. The summed E-state index contributed by atoms with van der Waals surface area (Å²) in [6.45, 7) is 5.13. The van der Waals surface area contributed by atoms with Crippen LogP contribution in [0.5, 0.6) is 11.5 Å². The minimum atomic E-state index is -0.335. The SMILES string of the molecule is C=CCOc1ccc(OCCCCCCCc2ccc(C(=O)NCCC(=O)OC)cc2)cc1. The van der Waals surface area contributed by atoms with Crippen LogP contribution < -0.4 is 14.8 Å². The van der Waals surface area contributed by atoms with Crippen molar-refractivity contribution >= 4 is 11.9 Å². The molecule has 6 heteroatoms. The molecule has 0 radical (unpaired) electrons. The van der Waals surface area contributed by atoms with Gasteiger partial charge < -0.3 is 19.5 Å². The van der Waals surface area contributed by atoms with Gasteiger partial charge in [-0.15, -0.1) is 0 Å². The summed E-state index contributed by atoms with van der Waals surface area (Å²) in [6.07, 6.45) is 8.55. The Morgan fingerprint density at radius 1 is 0.879 bits per heavy atom. The topological polar surface area (TPSA) is 73.9 Å². The lowest BCUT2D eigenvalue weighted by atomic mass is 10.0. The highest BCUT2D eigenvalue weighted by Gasteiger charge is 2.06. The first-order chi connectivity index (χ1) is 16.1. The molecule has 6 nitrogen and oxygen atoms in total. The highest BCUT2D eigenvalue weighted by atomic mass is 16.5. The second kappa shape index (κ2) is 15.5. The summed E-state index contributed by atoms with van der Waals surface area (Å²) < 4.78 is 15.8. The molecule has 0 fully saturated rings. The molecule has 33 heavy (non-hydrogen) atoms. The molecule has 2 aromatic rings. The van der Waals surface area contributed by atoms with Crippen molar-refractivity contribution in [3.63, 3.8) is 0 Å². The van der Waals surface area contributed by atoms with Crippen molar-refractivity contribution in [3.05, 3.63) is 72.3 Å². The molecule has 1 N–H and O–H groups in total. The van der Waals surface area contributed by atoms with Gasteiger partial charge in [-0.3, -0.25) is 9.59 Å². The Kier molecular flexibility index (Phi) is 12.2. The van der Waals surface area contributed by atoms with Crippen molar-refractivity contribution < 1.29 is 23.8 Å². The molecule has 2 aromatic carbocycles. The fourth-order valence-electron chi connectivity index (χ4n) is 3.24. The van der Waals surface area contributed by atoms with Gasteiger partial charge in [0.15, 0.2) is 0 Å². The largest absolute Gasteiger partial charge is 0.494 e. The molecule has 0 spiro atoms. The van der Waals surface area contributed by atoms with Crippen LogP contribution in [-0.2, 0) is 16.0 Å². The number of unbranched alkanes of at least 4 members (excludes halogenated alkanes) is 4. The quantitative estimate of drug-likeness (QED) is 0.217. The van der Waals surface area contributed by atoms with Gasteiger partial charge in [-0.2, -0.15) is 0 Å². The number of hydrogen-bond acceptors (Lipinski definition) is 5. The molecule has 0 aliphatic heterocycles. The summed E-state index contributed by atoms with van der Waals surface area (Å²) in [4.78, 5) is 23.2. The summed E-state index contributed by atoms with van der Waals surface area (Å²) in [5, 5.41) is 2.72. The minimum Gasteiger partial charge on any atom is -0.494 e. The van der Waals surface area contributed by atoms with Crippen LogP contribution in [0.4, 0.5) is 0 Å². The maximum absolute atomic E-state index is 12.1. The normalized spacial score (nSPS) is 10.3. The number of aryl methyl sites for hydroxylation is 1. The van der Waals surface area contributed by atoms with Gasteiger partial charge in [0.25, 0.3) is 5.91 Å². The van der Waals surface area contributed by atoms with Crippen LogP contribution in [0, 0.1) is 0 Å². The summed E-state index contributed by atoms with van der Waals surface area (Å²) in [5.74, 6) is 1.17. The molecule has 0 aromatic heterocycles. The van der Waals surface area contributed by atoms with E-state index in [4.69, 9.17) is 9.47 Å². The average Bonchev–Trinajstić information content (AvgIpc) is 2.85. The second-order valence-corrected chi connectivity index (χ2v) is 7.72. The summed E-state index contributed by atoms with van der Waals surface area (Å²) in [7, 11) is 1.33. The molecule has 178 valence electrons. The molecular weight excluding hydrogens is 418 g/mol. The summed E-state index contributed by atoms with van der Waals surface area (Å²) in [5.41, 5.74) is 1.83. The lowest BCUT2D eigenvalue weighted by Gasteiger charge is -2.08. The number of carbonyl (C=O) groups excluding carboxylic acids is 2. The molecular formula is C27H35NO5. The number of methoxy groups -OCH3 is 1.